The van der Waals surface area contributed by atoms with Gasteiger partial charge in [-0.1, -0.05) is 54.6 Å². The Morgan fingerprint density at radius 1 is 0.757 bits per heavy atom. The summed E-state index contributed by atoms with van der Waals surface area (Å²) in [5.41, 5.74) is 2.84. The average molecular weight is 491 g/mol. The van der Waals surface area contributed by atoms with Crippen molar-refractivity contribution in [2.45, 2.75) is 6.42 Å². The van der Waals surface area contributed by atoms with E-state index in [1.807, 2.05) is 42.5 Å². The van der Waals surface area contributed by atoms with E-state index in [2.05, 4.69) is 29.6 Å². The lowest BCUT2D eigenvalue weighted by molar-refractivity contribution is -0.142. The van der Waals surface area contributed by atoms with Crippen LogP contribution in [0.2, 0.25) is 0 Å². The average Bonchev–Trinajstić information content (AvgIpc) is 3.72. The Morgan fingerprint density at radius 2 is 1.30 bits per heavy atom. The maximum atomic E-state index is 13.1. The van der Waals surface area contributed by atoms with E-state index in [0.717, 1.165) is 17.5 Å². The Bertz CT molecular complexity index is 1380. The van der Waals surface area contributed by atoms with Gasteiger partial charge >= 0.3 is 0 Å². The molecule has 6 nitrogen and oxygen atoms in total. The largest absolute Gasteiger partial charge is 0.457 e. The van der Waals surface area contributed by atoms with Crippen molar-refractivity contribution in [3.8, 4) is 22.6 Å². The third-order valence-electron chi connectivity index (χ3n) is 8.39. The molecule has 37 heavy (non-hydrogen) atoms. The van der Waals surface area contributed by atoms with Crippen LogP contribution in [0, 0.1) is 35.5 Å². The minimum absolute atomic E-state index is 0.159. The van der Waals surface area contributed by atoms with Crippen molar-refractivity contribution in [3.63, 3.8) is 0 Å². The number of benzene rings is 3. The molecule has 4 aliphatic carbocycles. The van der Waals surface area contributed by atoms with Crippen LogP contribution in [0.3, 0.4) is 0 Å². The number of ether oxygens (including phenoxy) is 1. The molecular formula is C31H26N2O4. The van der Waals surface area contributed by atoms with E-state index in [9.17, 15) is 14.4 Å². The maximum absolute atomic E-state index is 13.1. The molecule has 3 fully saturated rings. The van der Waals surface area contributed by atoms with E-state index < -0.39 is 0 Å². The van der Waals surface area contributed by atoms with Crippen molar-refractivity contribution in [2.24, 2.45) is 35.5 Å². The molecule has 1 heterocycles. The van der Waals surface area contributed by atoms with E-state index in [-0.39, 0.29) is 47.9 Å². The molecule has 1 N–H and O–H groups in total. The second-order valence-corrected chi connectivity index (χ2v) is 10.5. The van der Waals surface area contributed by atoms with Crippen molar-refractivity contribution in [1.29, 1.82) is 0 Å². The third-order valence-corrected chi connectivity index (χ3v) is 8.39. The van der Waals surface area contributed by atoms with Crippen molar-refractivity contribution in [3.05, 3.63) is 91.0 Å². The van der Waals surface area contributed by atoms with Crippen molar-refractivity contribution in [2.75, 3.05) is 11.9 Å². The van der Waals surface area contributed by atoms with Crippen LogP contribution in [0.4, 0.5) is 5.69 Å². The molecule has 5 aliphatic rings. The van der Waals surface area contributed by atoms with Gasteiger partial charge in [0.15, 0.2) is 0 Å². The van der Waals surface area contributed by atoms with Crippen LogP contribution in [-0.4, -0.2) is 29.2 Å². The zero-order chi connectivity index (χ0) is 25.1. The molecule has 3 aromatic rings. The van der Waals surface area contributed by atoms with Gasteiger partial charge in [0.05, 0.1) is 11.8 Å². The number of allylic oxidation sites excluding steroid dienone is 2. The molecule has 8 rings (SSSR count). The summed E-state index contributed by atoms with van der Waals surface area (Å²) in [6.45, 7) is -0.245. The second-order valence-electron chi connectivity index (χ2n) is 10.5. The molecule has 2 bridgehead atoms. The van der Waals surface area contributed by atoms with E-state index >= 15 is 0 Å². The zero-order valence-electron chi connectivity index (χ0n) is 20.1. The molecular weight excluding hydrogens is 464 g/mol. The van der Waals surface area contributed by atoms with Gasteiger partial charge in [0.1, 0.15) is 18.0 Å². The third kappa shape index (κ3) is 3.75. The molecule has 6 unspecified atom stereocenters. The molecule has 6 heteroatoms. The lowest BCUT2D eigenvalue weighted by atomic mass is 9.63. The van der Waals surface area contributed by atoms with Crippen molar-refractivity contribution < 1.29 is 19.1 Å². The predicted octanol–water partition coefficient (Wildman–Crippen LogP) is 5.14. The fourth-order valence-electron chi connectivity index (χ4n) is 6.61. The van der Waals surface area contributed by atoms with Crippen molar-refractivity contribution in [1.82, 2.24) is 4.90 Å². The number of amides is 3. The zero-order valence-corrected chi connectivity index (χ0v) is 20.1. The summed E-state index contributed by atoms with van der Waals surface area (Å²) >= 11 is 0. The highest BCUT2D eigenvalue weighted by Crippen LogP contribution is 2.65. The lowest BCUT2D eigenvalue weighted by Gasteiger charge is -2.37. The number of nitrogens with one attached hydrogen (secondary N) is 1. The van der Waals surface area contributed by atoms with Gasteiger partial charge in [-0.15, -0.1) is 0 Å². The smallest absolute Gasteiger partial charge is 0.244 e. The summed E-state index contributed by atoms with van der Waals surface area (Å²) in [5.74, 6) is 1.46. The molecule has 6 atom stereocenters. The molecule has 0 aromatic heterocycles. The summed E-state index contributed by atoms with van der Waals surface area (Å²) in [4.78, 5) is 40.1. The monoisotopic (exact) mass is 490 g/mol. The summed E-state index contributed by atoms with van der Waals surface area (Å²) in [7, 11) is 0. The first kappa shape index (κ1) is 22.0. The number of nitrogens with zero attached hydrogens (tertiary/aromatic N) is 1. The van der Waals surface area contributed by atoms with Crippen LogP contribution in [-0.2, 0) is 14.4 Å². The minimum atomic E-state index is -0.379. The molecule has 3 aromatic carbocycles. The number of rotatable bonds is 6. The number of likely N-dealkylation sites (tertiary alicyclic amines) is 1. The van der Waals surface area contributed by atoms with Crippen LogP contribution in [0.25, 0.3) is 11.1 Å². The second kappa shape index (κ2) is 8.44. The van der Waals surface area contributed by atoms with Crippen LogP contribution in [0.15, 0.2) is 91.0 Å². The first-order chi connectivity index (χ1) is 18.1. The summed E-state index contributed by atoms with van der Waals surface area (Å²) in [6, 6.07) is 25.1. The Balaban J connectivity index is 0.966. The number of imide groups is 1. The van der Waals surface area contributed by atoms with Gasteiger partial charge < -0.3 is 10.1 Å². The fourth-order valence-corrected chi connectivity index (χ4v) is 6.61. The Kier molecular flexibility index (Phi) is 5.03. The standard InChI is InChI=1S/C31H26N2O4/c34-27(17-33-30(35)28-23-14-15-24(26-16-25(23)26)29(28)31(33)36)32-20-8-12-22(13-9-20)37-21-10-6-19(7-11-21)18-4-2-1-3-5-18/h1-15,23-26,28-29H,16-17H2,(H,32,34). The topological polar surface area (TPSA) is 75.7 Å². The number of carbonyl (C=O) groups excluding carboxylic acids is 3. The number of hydrogen-bond donors (Lipinski definition) is 1. The Hall–Kier alpha value is -4.19. The van der Waals surface area contributed by atoms with Gasteiger partial charge in [-0.2, -0.15) is 0 Å². The van der Waals surface area contributed by atoms with Gasteiger partial charge in [-0.25, -0.2) is 0 Å². The number of carbonyl (C=O) groups is 3. The van der Waals surface area contributed by atoms with Crippen molar-refractivity contribution >= 4 is 23.4 Å². The van der Waals surface area contributed by atoms with Gasteiger partial charge in [0, 0.05) is 5.69 Å². The van der Waals surface area contributed by atoms with Crippen LogP contribution in [0.1, 0.15) is 6.42 Å². The maximum Gasteiger partial charge on any atom is 0.244 e. The Labute approximate surface area is 214 Å². The quantitative estimate of drug-likeness (QED) is 0.384. The molecule has 2 saturated carbocycles. The van der Waals surface area contributed by atoms with Gasteiger partial charge in [-0.05, 0) is 77.6 Å². The normalized spacial score (nSPS) is 28.6. The minimum Gasteiger partial charge on any atom is -0.457 e. The summed E-state index contributed by atoms with van der Waals surface area (Å²) in [5, 5.41) is 2.81. The first-order valence-corrected chi connectivity index (χ1v) is 12.8. The molecule has 1 aliphatic heterocycles. The van der Waals surface area contributed by atoms with Crippen LogP contribution in [0.5, 0.6) is 11.5 Å². The number of anilines is 1. The van der Waals surface area contributed by atoms with Crippen LogP contribution < -0.4 is 10.1 Å². The summed E-state index contributed by atoms with van der Waals surface area (Å²) < 4.78 is 5.94. The van der Waals surface area contributed by atoms with Gasteiger partial charge in [0.25, 0.3) is 0 Å². The fraction of sp³-hybridized carbons (Fsp3) is 0.258. The van der Waals surface area contributed by atoms with Gasteiger partial charge in [0.2, 0.25) is 17.7 Å². The molecule has 0 radical (unpaired) electrons. The highest BCUT2D eigenvalue weighted by Gasteiger charge is 2.67. The highest BCUT2D eigenvalue weighted by molar-refractivity contribution is 6.09. The van der Waals surface area contributed by atoms with E-state index in [1.165, 1.54) is 4.90 Å². The lowest BCUT2D eigenvalue weighted by Crippen LogP contribution is -2.40. The molecule has 184 valence electrons. The SMILES string of the molecule is O=C(CN1C(=O)C2C3C=CC(C4CC34)C2C1=O)Nc1ccc(Oc2ccc(-c3ccccc3)cc2)cc1. The molecule has 3 amide bonds. The van der Waals surface area contributed by atoms with E-state index in [0.29, 0.717) is 29.0 Å². The van der Waals surface area contributed by atoms with E-state index in [1.54, 1.807) is 24.3 Å². The number of hydrogen-bond acceptors (Lipinski definition) is 4. The molecule has 0 spiro atoms. The summed E-state index contributed by atoms with van der Waals surface area (Å²) in [6.07, 6.45) is 5.39. The van der Waals surface area contributed by atoms with Crippen LogP contribution >= 0.6 is 0 Å². The molecule has 1 saturated heterocycles. The van der Waals surface area contributed by atoms with E-state index in [4.69, 9.17) is 4.74 Å². The van der Waals surface area contributed by atoms with Gasteiger partial charge in [-0.3, -0.25) is 19.3 Å². The Morgan fingerprint density at radius 3 is 1.89 bits per heavy atom. The predicted molar refractivity (Wildman–Crippen MR) is 138 cm³/mol. The highest BCUT2D eigenvalue weighted by atomic mass is 16.5. The first-order valence-electron chi connectivity index (χ1n) is 12.8.